The summed E-state index contributed by atoms with van der Waals surface area (Å²) >= 11 is 0. The highest BCUT2D eigenvalue weighted by atomic mass is 16.2. The van der Waals surface area contributed by atoms with E-state index in [2.05, 4.69) is 10.6 Å². The van der Waals surface area contributed by atoms with Gasteiger partial charge < -0.3 is 10.6 Å². The third-order valence-electron chi connectivity index (χ3n) is 2.72. The molecule has 0 atom stereocenters. The number of carbonyl (C=O) groups is 2. The van der Waals surface area contributed by atoms with Gasteiger partial charge in [0.05, 0.1) is 25.6 Å². The summed E-state index contributed by atoms with van der Waals surface area (Å²) in [7, 11) is 1.69. The van der Waals surface area contributed by atoms with Gasteiger partial charge in [0, 0.05) is 12.2 Å². The number of carbonyl (C=O) groups excluding carboxylic acids is 2. The maximum Gasteiger partial charge on any atom is 0.238 e. The molecule has 112 valence electrons. The van der Waals surface area contributed by atoms with Crippen LogP contribution in [0, 0.1) is 18.3 Å². The molecule has 1 aromatic rings. The molecule has 0 aliphatic rings. The second kappa shape index (κ2) is 8.72. The van der Waals surface area contributed by atoms with Gasteiger partial charge in [0.2, 0.25) is 11.8 Å². The highest BCUT2D eigenvalue weighted by Crippen LogP contribution is 2.08. The van der Waals surface area contributed by atoms with Crippen molar-refractivity contribution in [2.45, 2.75) is 13.3 Å². The van der Waals surface area contributed by atoms with E-state index < -0.39 is 0 Å². The van der Waals surface area contributed by atoms with Gasteiger partial charge >= 0.3 is 0 Å². The quantitative estimate of drug-likeness (QED) is 0.730. The Morgan fingerprint density at radius 2 is 1.81 bits per heavy atom. The van der Waals surface area contributed by atoms with Crippen LogP contribution in [0.5, 0.6) is 0 Å². The van der Waals surface area contributed by atoms with Gasteiger partial charge in [-0.2, -0.15) is 5.26 Å². The smallest absolute Gasteiger partial charge is 0.238 e. The van der Waals surface area contributed by atoms with Crippen LogP contribution in [0.15, 0.2) is 24.3 Å². The monoisotopic (exact) mass is 288 g/mol. The number of amides is 2. The topological polar surface area (TPSA) is 85.2 Å². The van der Waals surface area contributed by atoms with Gasteiger partial charge in [-0.25, -0.2) is 0 Å². The molecule has 0 heterocycles. The van der Waals surface area contributed by atoms with Gasteiger partial charge in [-0.1, -0.05) is 17.7 Å². The first-order valence-electron chi connectivity index (χ1n) is 6.70. The van der Waals surface area contributed by atoms with E-state index in [0.29, 0.717) is 6.54 Å². The highest BCUT2D eigenvalue weighted by Gasteiger charge is 2.10. The molecule has 0 radical (unpaired) electrons. The van der Waals surface area contributed by atoms with Crippen molar-refractivity contribution in [3.05, 3.63) is 29.8 Å². The maximum atomic E-state index is 11.8. The highest BCUT2D eigenvalue weighted by molar-refractivity contribution is 5.92. The maximum absolute atomic E-state index is 11.8. The number of rotatable bonds is 7. The van der Waals surface area contributed by atoms with Gasteiger partial charge in [-0.15, -0.1) is 0 Å². The first-order valence-corrected chi connectivity index (χ1v) is 6.70. The Kier molecular flexibility index (Phi) is 6.92. The molecule has 0 aliphatic heterocycles. The molecule has 0 spiro atoms. The fraction of sp³-hybridized carbons (Fsp3) is 0.400. The molecule has 1 rings (SSSR count). The summed E-state index contributed by atoms with van der Waals surface area (Å²) in [5.74, 6) is -0.373. The molecular formula is C15H20N4O2. The zero-order valence-corrected chi connectivity index (χ0v) is 12.3. The molecule has 0 aliphatic carbocycles. The van der Waals surface area contributed by atoms with Crippen LogP contribution in [0.2, 0.25) is 0 Å². The third-order valence-corrected chi connectivity index (χ3v) is 2.72. The van der Waals surface area contributed by atoms with E-state index in [9.17, 15) is 9.59 Å². The Morgan fingerprint density at radius 3 is 2.43 bits per heavy atom. The standard InChI is InChI=1S/C15H20N4O2/c1-12-4-6-13(7-5-12)18-15(21)11-19(2)10-14(20)17-9-3-8-16/h4-7H,3,9-11H2,1-2H3,(H,17,20)(H,18,21). The van der Waals surface area contributed by atoms with E-state index in [1.54, 1.807) is 11.9 Å². The van der Waals surface area contributed by atoms with E-state index in [0.717, 1.165) is 11.3 Å². The molecule has 0 aromatic heterocycles. The van der Waals surface area contributed by atoms with E-state index in [-0.39, 0.29) is 31.3 Å². The molecule has 0 fully saturated rings. The number of hydrogen-bond acceptors (Lipinski definition) is 4. The summed E-state index contributed by atoms with van der Waals surface area (Å²) in [5.41, 5.74) is 1.86. The lowest BCUT2D eigenvalue weighted by Gasteiger charge is -2.15. The minimum atomic E-state index is -0.198. The number of aryl methyl sites for hydroxylation is 1. The summed E-state index contributed by atoms with van der Waals surface area (Å²) in [6, 6.07) is 9.45. The number of nitriles is 1. The van der Waals surface area contributed by atoms with E-state index in [1.165, 1.54) is 0 Å². The Morgan fingerprint density at radius 1 is 1.19 bits per heavy atom. The first-order chi connectivity index (χ1) is 10.0. The zero-order valence-electron chi connectivity index (χ0n) is 12.3. The second-order valence-corrected chi connectivity index (χ2v) is 4.84. The Balaban J connectivity index is 2.32. The molecular weight excluding hydrogens is 268 g/mol. The van der Waals surface area contributed by atoms with Crippen LogP contribution in [0.1, 0.15) is 12.0 Å². The van der Waals surface area contributed by atoms with Crippen molar-refractivity contribution in [3.8, 4) is 6.07 Å². The van der Waals surface area contributed by atoms with Crippen molar-refractivity contribution >= 4 is 17.5 Å². The van der Waals surface area contributed by atoms with Gasteiger partial charge in [0.1, 0.15) is 0 Å². The van der Waals surface area contributed by atoms with Crippen molar-refractivity contribution in [2.24, 2.45) is 0 Å². The largest absolute Gasteiger partial charge is 0.354 e. The molecule has 0 saturated heterocycles. The second-order valence-electron chi connectivity index (χ2n) is 4.84. The van der Waals surface area contributed by atoms with Gasteiger partial charge in [0.15, 0.2) is 0 Å². The van der Waals surface area contributed by atoms with Crippen LogP contribution in [-0.2, 0) is 9.59 Å². The average Bonchev–Trinajstić information content (AvgIpc) is 2.41. The van der Waals surface area contributed by atoms with Crippen molar-refractivity contribution < 1.29 is 9.59 Å². The van der Waals surface area contributed by atoms with Crippen molar-refractivity contribution in [3.63, 3.8) is 0 Å². The molecule has 2 amide bonds. The lowest BCUT2D eigenvalue weighted by atomic mass is 10.2. The van der Waals surface area contributed by atoms with E-state index in [4.69, 9.17) is 5.26 Å². The van der Waals surface area contributed by atoms with E-state index >= 15 is 0 Å². The summed E-state index contributed by atoms with van der Waals surface area (Å²) in [5, 5.41) is 13.8. The minimum Gasteiger partial charge on any atom is -0.354 e. The Hall–Kier alpha value is -2.39. The van der Waals surface area contributed by atoms with Crippen LogP contribution in [0.4, 0.5) is 5.69 Å². The number of anilines is 1. The van der Waals surface area contributed by atoms with Crippen LogP contribution in [-0.4, -0.2) is 43.4 Å². The Bertz CT molecular complexity index is 519. The normalized spacial score (nSPS) is 10.0. The van der Waals surface area contributed by atoms with Gasteiger partial charge in [-0.05, 0) is 26.1 Å². The number of nitrogens with one attached hydrogen (secondary N) is 2. The summed E-state index contributed by atoms with van der Waals surface area (Å²) in [6.45, 7) is 2.55. The molecule has 6 nitrogen and oxygen atoms in total. The Labute approximate surface area is 124 Å². The van der Waals surface area contributed by atoms with Gasteiger partial charge in [0.25, 0.3) is 0 Å². The zero-order chi connectivity index (χ0) is 15.7. The van der Waals surface area contributed by atoms with Crippen LogP contribution in [0.25, 0.3) is 0 Å². The first kappa shape index (κ1) is 16.7. The van der Waals surface area contributed by atoms with Gasteiger partial charge in [-0.3, -0.25) is 14.5 Å². The predicted molar refractivity (Wildman–Crippen MR) is 80.5 cm³/mol. The molecule has 0 unspecified atom stereocenters. The summed E-state index contributed by atoms with van der Waals surface area (Å²) < 4.78 is 0. The fourth-order valence-corrected chi connectivity index (χ4v) is 1.70. The molecule has 1 aromatic carbocycles. The SMILES string of the molecule is Cc1ccc(NC(=O)CN(C)CC(=O)NCCC#N)cc1. The summed E-state index contributed by atoms with van der Waals surface area (Å²) in [4.78, 5) is 25.0. The predicted octanol–water partition coefficient (Wildman–Crippen LogP) is 0.895. The van der Waals surface area contributed by atoms with Crippen molar-refractivity contribution in [2.75, 3.05) is 32.0 Å². The number of benzene rings is 1. The number of likely N-dealkylation sites (N-methyl/N-ethyl adjacent to an activating group) is 1. The third kappa shape index (κ3) is 7.09. The molecule has 21 heavy (non-hydrogen) atoms. The van der Waals surface area contributed by atoms with E-state index in [1.807, 2.05) is 37.3 Å². The molecule has 0 bridgehead atoms. The molecule has 6 heteroatoms. The fourth-order valence-electron chi connectivity index (χ4n) is 1.70. The van der Waals surface area contributed by atoms with Crippen molar-refractivity contribution in [1.82, 2.24) is 10.2 Å². The number of hydrogen-bond donors (Lipinski definition) is 2. The molecule has 0 saturated carbocycles. The van der Waals surface area contributed by atoms with Crippen LogP contribution >= 0.6 is 0 Å². The number of nitrogens with zero attached hydrogens (tertiary/aromatic N) is 2. The average molecular weight is 288 g/mol. The lowest BCUT2D eigenvalue weighted by molar-refractivity contribution is -0.122. The minimum absolute atomic E-state index is 0.118. The summed E-state index contributed by atoms with van der Waals surface area (Å²) in [6.07, 6.45) is 0.281. The van der Waals surface area contributed by atoms with Crippen LogP contribution in [0.3, 0.4) is 0 Å². The lowest BCUT2D eigenvalue weighted by Crippen LogP contribution is -2.39. The van der Waals surface area contributed by atoms with Crippen LogP contribution < -0.4 is 10.6 Å². The van der Waals surface area contributed by atoms with Crippen molar-refractivity contribution in [1.29, 1.82) is 5.26 Å². The molecule has 2 N–H and O–H groups in total.